The van der Waals surface area contributed by atoms with E-state index in [1.807, 2.05) is 77.9 Å². The van der Waals surface area contributed by atoms with Gasteiger partial charge in [-0.05, 0) is 104 Å². The quantitative estimate of drug-likeness (QED) is 0.234. The van der Waals surface area contributed by atoms with Crippen LogP contribution in [-0.4, -0.2) is 78.8 Å². The van der Waals surface area contributed by atoms with Crippen molar-refractivity contribution in [3.8, 4) is 11.8 Å². The molecule has 2 aromatic heterocycles. The Bertz CT molecular complexity index is 1860. The number of hydrogen-bond donors (Lipinski definition) is 2. The zero-order valence-corrected chi connectivity index (χ0v) is 28.0. The van der Waals surface area contributed by atoms with E-state index in [0.717, 1.165) is 64.6 Å². The average Bonchev–Trinajstić information content (AvgIpc) is 3.76. The maximum Gasteiger partial charge on any atom is 0.410 e. The summed E-state index contributed by atoms with van der Waals surface area (Å²) in [4.78, 5) is 46.4. The summed E-state index contributed by atoms with van der Waals surface area (Å²) in [6.45, 7) is 13.2. The Balaban J connectivity index is 1.11. The smallest absolute Gasteiger partial charge is 0.410 e. The number of imidazole rings is 1. The monoisotopic (exact) mass is 637 g/mol. The molecule has 4 heterocycles. The van der Waals surface area contributed by atoms with E-state index in [4.69, 9.17) is 14.5 Å². The molecule has 4 aromatic rings. The highest BCUT2D eigenvalue weighted by molar-refractivity contribution is 5.81. The highest BCUT2D eigenvalue weighted by Gasteiger charge is 2.35. The molecule has 2 atom stereocenters. The van der Waals surface area contributed by atoms with Crippen molar-refractivity contribution in [1.82, 2.24) is 29.7 Å². The number of likely N-dealkylation sites (tertiary alicyclic amines) is 2. The number of fused-ring (bicyclic) bond motifs is 2. The zero-order valence-electron chi connectivity index (χ0n) is 28.0. The lowest BCUT2D eigenvalue weighted by Crippen LogP contribution is -2.42. The van der Waals surface area contributed by atoms with Crippen LogP contribution in [0.4, 0.5) is 15.5 Å². The molecular weight excluding hydrogens is 594 g/mol. The Labute approximate surface area is 275 Å². The first-order chi connectivity index (χ1) is 22.3. The fraction of sp³-hybridized carbons (Fsp3) is 0.472. The molecule has 0 radical (unpaired) electrons. The van der Waals surface area contributed by atoms with Crippen LogP contribution in [0.5, 0.6) is 0 Å². The summed E-state index contributed by atoms with van der Waals surface area (Å²) >= 11 is 0. The number of H-pyrrole nitrogens is 1. The number of carbonyl (C=O) groups is 2. The van der Waals surface area contributed by atoms with Crippen LogP contribution in [0.3, 0.4) is 0 Å². The summed E-state index contributed by atoms with van der Waals surface area (Å²) in [6, 6.07) is 11.7. The Morgan fingerprint density at radius 3 is 2.28 bits per heavy atom. The largest absolute Gasteiger partial charge is 0.444 e. The van der Waals surface area contributed by atoms with E-state index in [1.54, 1.807) is 16.0 Å². The molecule has 0 aliphatic carbocycles. The zero-order chi connectivity index (χ0) is 33.3. The number of aromatic amines is 1. The van der Waals surface area contributed by atoms with E-state index in [1.165, 1.54) is 0 Å². The topological polar surface area (TPSA) is 126 Å². The molecule has 11 heteroatoms. The van der Waals surface area contributed by atoms with Crippen molar-refractivity contribution in [3.63, 3.8) is 0 Å². The van der Waals surface area contributed by atoms with Crippen LogP contribution < -0.4 is 5.32 Å². The third-order valence-electron chi connectivity index (χ3n) is 8.13. The van der Waals surface area contributed by atoms with Gasteiger partial charge >= 0.3 is 12.2 Å². The molecule has 0 saturated carbocycles. The van der Waals surface area contributed by atoms with Crippen LogP contribution in [0.25, 0.3) is 21.9 Å². The van der Waals surface area contributed by atoms with Crippen LogP contribution >= 0.6 is 0 Å². The summed E-state index contributed by atoms with van der Waals surface area (Å²) in [6.07, 6.45) is 4.79. The van der Waals surface area contributed by atoms with Gasteiger partial charge in [0.25, 0.3) is 0 Å². The number of amides is 2. The summed E-state index contributed by atoms with van der Waals surface area (Å²) in [5, 5.41) is 4.19. The Morgan fingerprint density at radius 2 is 1.53 bits per heavy atom. The van der Waals surface area contributed by atoms with Gasteiger partial charge in [-0.2, -0.15) is 0 Å². The molecular formula is C36H43N7O4. The Morgan fingerprint density at radius 1 is 0.872 bits per heavy atom. The molecule has 0 bridgehead atoms. The fourth-order valence-electron chi connectivity index (χ4n) is 6.01. The number of nitrogens with zero attached hydrogens (tertiary/aromatic N) is 5. The van der Waals surface area contributed by atoms with Crippen LogP contribution in [0.2, 0.25) is 0 Å². The molecule has 2 N–H and O–H groups in total. The first kappa shape index (κ1) is 32.1. The molecule has 2 aliphatic heterocycles. The molecule has 2 fully saturated rings. The van der Waals surface area contributed by atoms with Crippen LogP contribution in [0.15, 0.2) is 42.6 Å². The van der Waals surface area contributed by atoms with Crippen molar-refractivity contribution in [2.45, 2.75) is 90.5 Å². The van der Waals surface area contributed by atoms with E-state index in [2.05, 4.69) is 32.1 Å². The molecule has 246 valence electrons. The maximum absolute atomic E-state index is 12.8. The predicted molar refractivity (Wildman–Crippen MR) is 181 cm³/mol. The lowest BCUT2D eigenvalue weighted by molar-refractivity contribution is 0.0213. The summed E-state index contributed by atoms with van der Waals surface area (Å²) in [5.41, 5.74) is 3.13. The third kappa shape index (κ3) is 7.76. The second kappa shape index (κ2) is 12.7. The first-order valence-electron chi connectivity index (χ1n) is 16.3. The lowest BCUT2D eigenvalue weighted by atomic mass is 10.1. The van der Waals surface area contributed by atoms with Gasteiger partial charge in [0.05, 0.1) is 28.6 Å². The minimum atomic E-state index is -0.548. The minimum absolute atomic E-state index is 0.0312. The summed E-state index contributed by atoms with van der Waals surface area (Å²) < 4.78 is 11.2. The van der Waals surface area contributed by atoms with E-state index in [9.17, 15) is 9.59 Å². The number of ether oxygens (including phenoxy) is 2. The SMILES string of the molecule is CC(C)(C)OC(=O)N1CCC[C@H]1CNc1ncc2cc(C#Cc3ccc4[nH]c([C@@H]5CCCN5C(=O)OC(C)(C)C)nc4c3)ccc2n1. The van der Waals surface area contributed by atoms with Crippen molar-refractivity contribution in [1.29, 1.82) is 0 Å². The lowest BCUT2D eigenvalue weighted by Gasteiger charge is -2.28. The van der Waals surface area contributed by atoms with E-state index in [0.29, 0.717) is 25.6 Å². The maximum atomic E-state index is 12.8. The molecule has 47 heavy (non-hydrogen) atoms. The van der Waals surface area contributed by atoms with Crippen molar-refractivity contribution >= 4 is 40.1 Å². The average molecular weight is 638 g/mol. The number of aromatic nitrogens is 4. The molecule has 2 amide bonds. The molecule has 6 rings (SSSR count). The van der Waals surface area contributed by atoms with E-state index >= 15 is 0 Å². The molecule has 2 aliphatic rings. The van der Waals surface area contributed by atoms with E-state index < -0.39 is 11.2 Å². The van der Waals surface area contributed by atoms with Crippen molar-refractivity contribution < 1.29 is 19.1 Å². The second-order valence-electron chi connectivity index (χ2n) is 14.3. The summed E-state index contributed by atoms with van der Waals surface area (Å²) in [7, 11) is 0. The van der Waals surface area contributed by atoms with Gasteiger partial charge in [-0.25, -0.2) is 24.5 Å². The van der Waals surface area contributed by atoms with Gasteiger partial charge in [0.15, 0.2) is 0 Å². The normalized spacial score (nSPS) is 18.3. The highest BCUT2D eigenvalue weighted by atomic mass is 16.6. The molecule has 2 aromatic carbocycles. The minimum Gasteiger partial charge on any atom is -0.444 e. The van der Waals surface area contributed by atoms with Crippen molar-refractivity contribution in [2.24, 2.45) is 0 Å². The van der Waals surface area contributed by atoms with Gasteiger partial charge < -0.3 is 24.7 Å². The second-order valence-corrected chi connectivity index (χ2v) is 14.3. The third-order valence-corrected chi connectivity index (χ3v) is 8.13. The number of anilines is 1. The van der Waals surface area contributed by atoms with Gasteiger partial charge in [-0.1, -0.05) is 11.8 Å². The highest BCUT2D eigenvalue weighted by Crippen LogP contribution is 2.33. The number of hydrogen-bond acceptors (Lipinski definition) is 8. The Kier molecular flexibility index (Phi) is 8.70. The van der Waals surface area contributed by atoms with Crippen LogP contribution in [-0.2, 0) is 9.47 Å². The van der Waals surface area contributed by atoms with E-state index in [-0.39, 0.29) is 24.3 Å². The van der Waals surface area contributed by atoms with Gasteiger partial charge in [0.1, 0.15) is 17.0 Å². The number of carbonyl (C=O) groups excluding carboxylic acids is 2. The predicted octanol–water partition coefficient (Wildman–Crippen LogP) is 6.79. The molecule has 0 spiro atoms. The van der Waals surface area contributed by atoms with Crippen molar-refractivity contribution in [2.75, 3.05) is 25.0 Å². The standard InChI is InChI=1S/C36H43N7O4/c1-35(2,3)46-33(44)42-17-7-9-26(42)22-38-32-37-21-25-19-23(13-15-27(25)41-32)11-12-24-14-16-28-29(20-24)40-31(39-28)30-10-8-18-43(30)34(45)47-36(4,5)6/h13-16,19-21,26,30H,7-10,17-18,22H2,1-6H3,(H,39,40)(H,37,38,41)/t26-,30-/m0/s1. The first-order valence-corrected chi connectivity index (χ1v) is 16.3. The number of benzene rings is 2. The van der Waals surface area contributed by atoms with Gasteiger partial charge in [-0.15, -0.1) is 0 Å². The fourth-order valence-corrected chi connectivity index (χ4v) is 6.01. The molecule has 2 saturated heterocycles. The number of rotatable bonds is 4. The van der Waals surface area contributed by atoms with Gasteiger partial charge in [-0.3, -0.25) is 4.90 Å². The van der Waals surface area contributed by atoms with Crippen LogP contribution in [0, 0.1) is 11.8 Å². The Hall–Kier alpha value is -4.85. The number of nitrogens with one attached hydrogen (secondary N) is 2. The van der Waals surface area contributed by atoms with Crippen LogP contribution in [0.1, 0.15) is 90.2 Å². The van der Waals surface area contributed by atoms with Crippen molar-refractivity contribution in [3.05, 3.63) is 59.5 Å². The van der Waals surface area contributed by atoms with Gasteiger partial charge in [0, 0.05) is 42.3 Å². The summed E-state index contributed by atoms with van der Waals surface area (Å²) in [5.74, 6) is 7.79. The molecule has 11 nitrogen and oxygen atoms in total. The van der Waals surface area contributed by atoms with Gasteiger partial charge in [0.2, 0.25) is 5.95 Å². The molecule has 0 unspecified atom stereocenters.